The summed E-state index contributed by atoms with van der Waals surface area (Å²) in [5.41, 5.74) is 1.26. The molecule has 0 rings (SSSR count). The lowest BCUT2D eigenvalue weighted by atomic mass is 10.0. The summed E-state index contributed by atoms with van der Waals surface area (Å²) in [6.45, 7) is 5.94. The van der Waals surface area contributed by atoms with Crippen LogP contribution in [0, 0.1) is 5.92 Å². The van der Waals surface area contributed by atoms with Gasteiger partial charge >= 0.3 is 7.60 Å². The predicted octanol–water partition coefficient (Wildman–Crippen LogP) is 3.42. The van der Waals surface area contributed by atoms with Crippen LogP contribution in [0.2, 0.25) is 0 Å². The third-order valence-corrected chi connectivity index (χ3v) is 4.64. The molecule has 5 heteroatoms. The molecule has 0 saturated heterocycles. The van der Waals surface area contributed by atoms with Gasteiger partial charge in [-0.3, -0.25) is 9.36 Å². The molecular weight excluding hydrogens is 239 g/mol. The van der Waals surface area contributed by atoms with Crippen LogP contribution in [-0.4, -0.2) is 26.2 Å². The van der Waals surface area contributed by atoms with Gasteiger partial charge in [-0.25, -0.2) is 0 Å². The quantitative estimate of drug-likeness (QED) is 0.497. The lowest BCUT2D eigenvalue weighted by molar-refractivity contribution is -0.120. The lowest BCUT2D eigenvalue weighted by Crippen LogP contribution is -2.16. The van der Waals surface area contributed by atoms with Crippen LogP contribution in [0.25, 0.3) is 0 Å². The van der Waals surface area contributed by atoms with E-state index in [-0.39, 0.29) is 17.9 Å². The van der Waals surface area contributed by atoms with Gasteiger partial charge in [0.15, 0.2) is 0 Å². The summed E-state index contributed by atoms with van der Waals surface area (Å²) in [6, 6.07) is 0. The van der Waals surface area contributed by atoms with Crippen LogP contribution >= 0.6 is 7.60 Å². The molecule has 0 fully saturated rings. The molecule has 0 aromatic heterocycles. The second-order valence-electron chi connectivity index (χ2n) is 4.14. The third kappa shape index (κ3) is 6.16. The molecule has 0 aromatic rings. The minimum absolute atomic E-state index is 0.0859. The molecule has 100 valence electrons. The molecule has 0 spiro atoms. The van der Waals surface area contributed by atoms with Crippen molar-refractivity contribution in [3.8, 4) is 0 Å². The van der Waals surface area contributed by atoms with Gasteiger partial charge in [0.05, 0.1) is 0 Å². The van der Waals surface area contributed by atoms with Gasteiger partial charge in [0, 0.05) is 20.1 Å². The molecule has 0 aliphatic rings. The highest BCUT2D eigenvalue weighted by Gasteiger charge is 2.27. The number of Topliss-reactive ketones (excluding diaryl/α,β-unsaturated/α-hetero) is 1. The fourth-order valence-corrected chi connectivity index (χ4v) is 2.30. The summed E-state index contributed by atoms with van der Waals surface area (Å²) in [5, 5.41) is 0. The highest BCUT2D eigenvalue weighted by molar-refractivity contribution is 7.54. The second-order valence-corrected chi connectivity index (χ2v) is 6.41. The Labute approximate surface area is 104 Å². The van der Waals surface area contributed by atoms with E-state index in [1.165, 1.54) is 19.8 Å². The van der Waals surface area contributed by atoms with Gasteiger partial charge in [0.1, 0.15) is 11.9 Å². The Morgan fingerprint density at radius 3 is 2.29 bits per heavy atom. The van der Waals surface area contributed by atoms with E-state index in [9.17, 15) is 9.36 Å². The van der Waals surface area contributed by atoms with Crippen molar-refractivity contribution in [3.63, 3.8) is 0 Å². The molecule has 0 amide bonds. The second kappa shape index (κ2) is 7.80. The van der Waals surface area contributed by atoms with E-state index < -0.39 is 7.60 Å². The molecule has 0 aromatic carbocycles. The van der Waals surface area contributed by atoms with Crippen molar-refractivity contribution in [2.75, 3.05) is 20.4 Å². The summed E-state index contributed by atoms with van der Waals surface area (Å²) in [5.74, 6) is -0.243. The normalized spacial score (nSPS) is 14.8. The zero-order valence-electron chi connectivity index (χ0n) is 11.4. The molecule has 1 atom stereocenters. The Kier molecular flexibility index (Phi) is 7.60. The van der Waals surface area contributed by atoms with E-state index in [0.717, 1.165) is 6.42 Å². The highest BCUT2D eigenvalue weighted by Crippen LogP contribution is 2.46. The van der Waals surface area contributed by atoms with Gasteiger partial charge < -0.3 is 9.05 Å². The largest absolute Gasteiger partial charge is 0.337 e. The van der Waals surface area contributed by atoms with Crippen molar-refractivity contribution >= 4 is 13.4 Å². The summed E-state index contributed by atoms with van der Waals surface area (Å²) >= 11 is 0. The zero-order chi connectivity index (χ0) is 13.5. The van der Waals surface area contributed by atoms with Crippen LogP contribution in [0.5, 0.6) is 0 Å². The van der Waals surface area contributed by atoms with Gasteiger partial charge in [-0.2, -0.15) is 0 Å². The van der Waals surface area contributed by atoms with Crippen molar-refractivity contribution in [2.45, 2.75) is 33.6 Å². The Hall–Kier alpha value is -0.440. The van der Waals surface area contributed by atoms with E-state index in [2.05, 4.69) is 6.92 Å². The molecule has 0 aliphatic carbocycles. The maximum absolute atomic E-state index is 11.8. The SMILES string of the molecule is CCC(C)=CCC(C)C(=O)CP(=O)(OC)OC. The van der Waals surface area contributed by atoms with E-state index >= 15 is 0 Å². The van der Waals surface area contributed by atoms with Crippen molar-refractivity contribution in [1.29, 1.82) is 0 Å². The standard InChI is InChI=1S/C12H23O4P/c1-6-10(2)7-8-11(3)12(13)9-17(14,15-4)16-5/h7,11H,6,8-9H2,1-5H3. The molecule has 0 heterocycles. The average molecular weight is 262 g/mol. The van der Waals surface area contributed by atoms with Gasteiger partial charge in [-0.15, -0.1) is 0 Å². The first-order valence-corrected chi connectivity index (χ1v) is 7.50. The van der Waals surface area contributed by atoms with Crippen LogP contribution in [-0.2, 0) is 18.4 Å². The molecule has 0 N–H and O–H groups in total. The number of carbonyl (C=O) groups excluding carboxylic acids is 1. The van der Waals surface area contributed by atoms with Gasteiger partial charge in [0.25, 0.3) is 0 Å². The number of allylic oxidation sites excluding steroid dienone is 2. The van der Waals surface area contributed by atoms with Crippen molar-refractivity contribution in [3.05, 3.63) is 11.6 Å². The maximum atomic E-state index is 11.8. The average Bonchev–Trinajstić information content (AvgIpc) is 2.34. The molecule has 0 aliphatic heterocycles. The number of rotatable bonds is 8. The Morgan fingerprint density at radius 2 is 1.88 bits per heavy atom. The van der Waals surface area contributed by atoms with E-state index in [1.807, 2.05) is 19.9 Å². The monoisotopic (exact) mass is 262 g/mol. The Morgan fingerprint density at radius 1 is 1.35 bits per heavy atom. The lowest BCUT2D eigenvalue weighted by Gasteiger charge is -2.15. The van der Waals surface area contributed by atoms with Gasteiger partial charge in [0.2, 0.25) is 0 Å². The first kappa shape index (κ1) is 16.6. The summed E-state index contributed by atoms with van der Waals surface area (Å²) < 4.78 is 21.3. The summed E-state index contributed by atoms with van der Waals surface area (Å²) in [7, 11) is -0.626. The van der Waals surface area contributed by atoms with Gasteiger partial charge in [-0.1, -0.05) is 25.5 Å². The van der Waals surface area contributed by atoms with Gasteiger partial charge in [-0.05, 0) is 19.8 Å². The molecule has 0 bridgehead atoms. The van der Waals surface area contributed by atoms with Crippen LogP contribution in [0.15, 0.2) is 11.6 Å². The predicted molar refractivity (Wildman–Crippen MR) is 69.3 cm³/mol. The summed E-state index contributed by atoms with van der Waals surface area (Å²) in [6.07, 6.45) is 3.55. The van der Waals surface area contributed by atoms with E-state index in [1.54, 1.807) is 0 Å². The molecule has 0 saturated carbocycles. The minimum Gasteiger partial charge on any atom is -0.312 e. The number of ketones is 1. The molecule has 0 radical (unpaired) electrons. The smallest absolute Gasteiger partial charge is 0.312 e. The van der Waals surface area contributed by atoms with Crippen molar-refractivity contribution in [2.24, 2.45) is 5.92 Å². The Balaban J connectivity index is 4.37. The van der Waals surface area contributed by atoms with Crippen molar-refractivity contribution < 1.29 is 18.4 Å². The first-order valence-electron chi connectivity index (χ1n) is 5.77. The zero-order valence-corrected chi connectivity index (χ0v) is 12.3. The van der Waals surface area contributed by atoms with Crippen LogP contribution in [0.1, 0.15) is 33.6 Å². The molecule has 4 nitrogen and oxygen atoms in total. The highest BCUT2D eigenvalue weighted by atomic mass is 31.2. The number of carbonyl (C=O) groups is 1. The van der Waals surface area contributed by atoms with E-state index in [0.29, 0.717) is 6.42 Å². The molecular formula is C12H23O4P. The number of hydrogen-bond acceptors (Lipinski definition) is 4. The number of hydrogen-bond donors (Lipinski definition) is 0. The van der Waals surface area contributed by atoms with Crippen LogP contribution < -0.4 is 0 Å². The minimum atomic E-state index is -3.22. The Bertz CT molecular complexity index is 314. The van der Waals surface area contributed by atoms with Crippen molar-refractivity contribution in [1.82, 2.24) is 0 Å². The molecule has 1 unspecified atom stereocenters. The van der Waals surface area contributed by atoms with Crippen LogP contribution in [0.3, 0.4) is 0 Å². The molecule has 17 heavy (non-hydrogen) atoms. The topological polar surface area (TPSA) is 52.6 Å². The van der Waals surface area contributed by atoms with E-state index in [4.69, 9.17) is 9.05 Å². The fraction of sp³-hybridized carbons (Fsp3) is 0.750. The fourth-order valence-electron chi connectivity index (χ4n) is 1.20. The third-order valence-electron chi connectivity index (χ3n) is 2.83. The van der Waals surface area contributed by atoms with Crippen LogP contribution in [0.4, 0.5) is 0 Å². The maximum Gasteiger partial charge on any atom is 0.337 e. The first-order chi connectivity index (χ1) is 7.88. The summed E-state index contributed by atoms with van der Waals surface area (Å²) in [4.78, 5) is 11.8.